The van der Waals surface area contributed by atoms with Gasteiger partial charge in [0.05, 0.1) is 11.6 Å². The van der Waals surface area contributed by atoms with Crippen LogP contribution in [-0.4, -0.2) is 16.4 Å². The van der Waals surface area contributed by atoms with Gasteiger partial charge in [-0.25, -0.2) is 4.98 Å². The Labute approximate surface area is 99.3 Å². The standard InChI is InChI=1S/C11H17N3OS/c1-7-6-13-9(16-7)8(2)14-10(15)11(12)4-3-5-11/h6,8H,3-5,12H2,1-2H3,(H,14,15). The van der Waals surface area contributed by atoms with Gasteiger partial charge in [-0.2, -0.15) is 0 Å². The van der Waals surface area contributed by atoms with E-state index in [2.05, 4.69) is 10.3 Å². The number of aromatic nitrogens is 1. The van der Waals surface area contributed by atoms with Gasteiger partial charge in [0.25, 0.3) is 0 Å². The summed E-state index contributed by atoms with van der Waals surface area (Å²) in [4.78, 5) is 17.3. The van der Waals surface area contributed by atoms with Crippen LogP contribution in [-0.2, 0) is 4.79 Å². The third-order valence-corrected chi connectivity index (χ3v) is 4.15. The van der Waals surface area contributed by atoms with E-state index in [-0.39, 0.29) is 11.9 Å². The Balaban J connectivity index is 1.97. The van der Waals surface area contributed by atoms with Gasteiger partial charge < -0.3 is 11.1 Å². The van der Waals surface area contributed by atoms with E-state index in [4.69, 9.17) is 5.73 Å². The van der Waals surface area contributed by atoms with Crippen molar-refractivity contribution < 1.29 is 4.79 Å². The van der Waals surface area contributed by atoms with Crippen molar-refractivity contribution in [2.45, 2.75) is 44.7 Å². The molecule has 1 heterocycles. The third kappa shape index (κ3) is 2.10. The number of nitrogens with one attached hydrogen (secondary N) is 1. The summed E-state index contributed by atoms with van der Waals surface area (Å²) in [6, 6.07) is -0.0489. The van der Waals surface area contributed by atoms with E-state index in [0.29, 0.717) is 0 Å². The monoisotopic (exact) mass is 239 g/mol. The van der Waals surface area contributed by atoms with Crippen LogP contribution in [0.1, 0.15) is 42.1 Å². The van der Waals surface area contributed by atoms with Crippen molar-refractivity contribution in [3.05, 3.63) is 16.1 Å². The Kier molecular flexibility index (Phi) is 2.99. The molecule has 1 saturated carbocycles. The number of nitrogens with two attached hydrogens (primary N) is 1. The van der Waals surface area contributed by atoms with E-state index in [1.165, 1.54) is 0 Å². The molecule has 1 unspecified atom stereocenters. The fourth-order valence-electron chi connectivity index (χ4n) is 1.76. The Morgan fingerprint density at radius 3 is 2.81 bits per heavy atom. The molecule has 1 fully saturated rings. The Hall–Kier alpha value is -0.940. The zero-order valence-corrected chi connectivity index (χ0v) is 10.4. The number of carbonyl (C=O) groups excluding carboxylic acids is 1. The summed E-state index contributed by atoms with van der Waals surface area (Å²) in [5.41, 5.74) is 5.32. The van der Waals surface area contributed by atoms with Gasteiger partial charge in [0, 0.05) is 11.1 Å². The number of rotatable bonds is 3. The minimum Gasteiger partial charge on any atom is -0.346 e. The highest BCUT2D eigenvalue weighted by Crippen LogP contribution is 2.30. The van der Waals surface area contributed by atoms with Crippen LogP contribution in [0.15, 0.2) is 6.20 Å². The second kappa shape index (κ2) is 4.14. The van der Waals surface area contributed by atoms with E-state index in [1.54, 1.807) is 11.3 Å². The lowest BCUT2D eigenvalue weighted by atomic mass is 9.77. The summed E-state index contributed by atoms with van der Waals surface area (Å²) in [6.07, 6.45) is 4.46. The largest absolute Gasteiger partial charge is 0.346 e. The zero-order chi connectivity index (χ0) is 11.8. The molecule has 1 aromatic heterocycles. The number of hydrogen-bond acceptors (Lipinski definition) is 4. The molecule has 1 amide bonds. The zero-order valence-electron chi connectivity index (χ0n) is 9.62. The molecule has 0 aliphatic heterocycles. The number of nitrogens with zero attached hydrogens (tertiary/aromatic N) is 1. The molecular weight excluding hydrogens is 222 g/mol. The molecule has 4 nitrogen and oxygen atoms in total. The number of aryl methyl sites for hydroxylation is 1. The molecule has 5 heteroatoms. The fraction of sp³-hybridized carbons (Fsp3) is 0.636. The lowest BCUT2D eigenvalue weighted by Crippen LogP contribution is -2.58. The first-order valence-electron chi connectivity index (χ1n) is 5.53. The smallest absolute Gasteiger partial charge is 0.240 e. The van der Waals surface area contributed by atoms with E-state index < -0.39 is 5.54 Å². The lowest BCUT2D eigenvalue weighted by molar-refractivity contribution is -0.129. The molecule has 88 valence electrons. The summed E-state index contributed by atoms with van der Waals surface area (Å²) < 4.78 is 0. The van der Waals surface area contributed by atoms with Gasteiger partial charge in [-0.1, -0.05) is 0 Å². The van der Waals surface area contributed by atoms with Crippen LogP contribution in [0.25, 0.3) is 0 Å². The summed E-state index contributed by atoms with van der Waals surface area (Å²) in [5.74, 6) is -0.0425. The summed E-state index contributed by atoms with van der Waals surface area (Å²) >= 11 is 1.61. The van der Waals surface area contributed by atoms with Crippen LogP contribution in [0.5, 0.6) is 0 Å². The molecule has 0 aromatic carbocycles. The molecule has 1 atom stereocenters. The minimum absolute atomic E-state index is 0.0425. The van der Waals surface area contributed by atoms with Crippen molar-refractivity contribution in [1.29, 1.82) is 0 Å². The summed E-state index contributed by atoms with van der Waals surface area (Å²) in [5, 5.41) is 3.87. The van der Waals surface area contributed by atoms with Crippen LogP contribution in [0.4, 0.5) is 0 Å². The first-order valence-corrected chi connectivity index (χ1v) is 6.35. The number of thiazole rings is 1. The maximum absolute atomic E-state index is 11.9. The van der Waals surface area contributed by atoms with Crippen molar-refractivity contribution in [2.75, 3.05) is 0 Å². The fourth-order valence-corrected chi connectivity index (χ4v) is 2.54. The normalized spacial score (nSPS) is 19.9. The van der Waals surface area contributed by atoms with Crippen LogP contribution in [0.2, 0.25) is 0 Å². The second-order valence-corrected chi connectivity index (χ2v) is 5.78. The van der Waals surface area contributed by atoms with Crippen LogP contribution < -0.4 is 11.1 Å². The van der Waals surface area contributed by atoms with Crippen LogP contribution >= 0.6 is 11.3 Å². The van der Waals surface area contributed by atoms with Crippen molar-refractivity contribution in [2.24, 2.45) is 5.73 Å². The predicted octanol–water partition coefficient (Wildman–Crippen LogP) is 1.51. The topological polar surface area (TPSA) is 68.0 Å². The maximum atomic E-state index is 11.9. The first kappa shape index (κ1) is 11.5. The molecule has 0 spiro atoms. The van der Waals surface area contributed by atoms with Gasteiger partial charge in [-0.15, -0.1) is 11.3 Å². The second-order valence-electron chi connectivity index (χ2n) is 4.51. The predicted molar refractivity (Wildman–Crippen MR) is 64.2 cm³/mol. The number of carbonyl (C=O) groups is 1. The molecule has 16 heavy (non-hydrogen) atoms. The molecule has 3 N–H and O–H groups in total. The maximum Gasteiger partial charge on any atom is 0.240 e. The quantitative estimate of drug-likeness (QED) is 0.840. The van der Waals surface area contributed by atoms with Crippen molar-refractivity contribution in [3.63, 3.8) is 0 Å². The van der Waals surface area contributed by atoms with Crippen LogP contribution in [0, 0.1) is 6.92 Å². The Bertz CT molecular complexity index is 398. The third-order valence-electron chi connectivity index (χ3n) is 3.06. The number of hydrogen-bond donors (Lipinski definition) is 2. The molecule has 1 aromatic rings. The molecule has 1 aliphatic rings. The van der Waals surface area contributed by atoms with Gasteiger partial charge >= 0.3 is 0 Å². The van der Waals surface area contributed by atoms with E-state index in [9.17, 15) is 4.79 Å². The highest BCUT2D eigenvalue weighted by Gasteiger charge is 2.40. The Morgan fingerprint density at radius 2 is 2.38 bits per heavy atom. The van der Waals surface area contributed by atoms with Crippen LogP contribution in [0.3, 0.4) is 0 Å². The molecule has 2 rings (SSSR count). The van der Waals surface area contributed by atoms with Crippen molar-refractivity contribution in [1.82, 2.24) is 10.3 Å². The summed E-state index contributed by atoms with van der Waals surface area (Å²) in [7, 11) is 0. The molecule has 0 bridgehead atoms. The average Bonchev–Trinajstić information content (AvgIpc) is 2.61. The SMILES string of the molecule is Cc1cnc(C(C)NC(=O)C2(N)CCC2)s1. The first-order chi connectivity index (χ1) is 7.51. The Morgan fingerprint density at radius 1 is 1.69 bits per heavy atom. The molecule has 0 radical (unpaired) electrons. The van der Waals surface area contributed by atoms with Gasteiger partial charge in [-0.05, 0) is 33.1 Å². The highest BCUT2D eigenvalue weighted by molar-refractivity contribution is 7.11. The van der Waals surface area contributed by atoms with E-state index in [1.807, 2.05) is 20.0 Å². The van der Waals surface area contributed by atoms with Gasteiger partial charge in [0.2, 0.25) is 5.91 Å². The van der Waals surface area contributed by atoms with Gasteiger partial charge in [-0.3, -0.25) is 4.79 Å². The molecule has 1 aliphatic carbocycles. The lowest BCUT2D eigenvalue weighted by Gasteiger charge is -2.36. The minimum atomic E-state index is -0.624. The van der Waals surface area contributed by atoms with E-state index >= 15 is 0 Å². The van der Waals surface area contributed by atoms with Gasteiger partial charge in [0.1, 0.15) is 5.01 Å². The molecular formula is C11H17N3OS. The summed E-state index contributed by atoms with van der Waals surface area (Å²) in [6.45, 7) is 3.95. The average molecular weight is 239 g/mol. The number of amides is 1. The molecule has 0 saturated heterocycles. The van der Waals surface area contributed by atoms with Crippen molar-refractivity contribution in [3.8, 4) is 0 Å². The van der Waals surface area contributed by atoms with E-state index in [0.717, 1.165) is 29.1 Å². The van der Waals surface area contributed by atoms with Crippen molar-refractivity contribution >= 4 is 17.2 Å². The highest BCUT2D eigenvalue weighted by atomic mass is 32.1. The van der Waals surface area contributed by atoms with Gasteiger partial charge in [0.15, 0.2) is 0 Å².